The highest BCUT2D eigenvalue weighted by molar-refractivity contribution is 5.80. The van der Waals surface area contributed by atoms with Gasteiger partial charge < -0.3 is 10.1 Å². The topological polar surface area (TPSA) is 34.1 Å². The standard InChI is InChI=1S/C16H16N2O/c1-11-9-15(12-5-3-6-13(10-12)19-2)18-16-14(11)7-4-8-17-16/h3-11H,1-2H3,(H,17,18). The molecule has 96 valence electrons. The second-order valence-corrected chi connectivity index (χ2v) is 4.67. The molecule has 0 saturated carbocycles. The molecule has 3 rings (SSSR count). The summed E-state index contributed by atoms with van der Waals surface area (Å²) >= 11 is 0. The van der Waals surface area contributed by atoms with E-state index < -0.39 is 0 Å². The van der Waals surface area contributed by atoms with Crippen molar-refractivity contribution in [3.63, 3.8) is 0 Å². The molecule has 2 aromatic rings. The molecule has 1 aliphatic rings. The van der Waals surface area contributed by atoms with Crippen LogP contribution in [0.4, 0.5) is 5.82 Å². The number of anilines is 1. The van der Waals surface area contributed by atoms with Gasteiger partial charge in [0.15, 0.2) is 0 Å². The number of fused-ring (bicyclic) bond motifs is 1. The van der Waals surface area contributed by atoms with E-state index >= 15 is 0 Å². The summed E-state index contributed by atoms with van der Waals surface area (Å²) in [6.45, 7) is 2.18. The number of nitrogens with zero attached hydrogens (tertiary/aromatic N) is 1. The average Bonchev–Trinajstić information content (AvgIpc) is 2.47. The predicted octanol–water partition coefficient (Wildman–Crippen LogP) is 3.66. The molecule has 0 radical (unpaired) electrons. The van der Waals surface area contributed by atoms with E-state index in [-0.39, 0.29) is 0 Å². The second-order valence-electron chi connectivity index (χ2n) is 4.67. The minimum absolute atomic E-state index is 0.353. The fourth-order valence-corrected chi connectivity index (χ4v) is 2.36. The summed E-state index contributed by atoms with van der Waals surface area (Å²) < 4.78 is 5.27. The zero-order chi connectivity index (χ0) is 13.2. The Hall–Kier alpha value is -2.29. The van der Waals surface area contributed by atoms with Crippen molar-refractivity contribution < 1.29 is 4.74 Å². The van der Waals surface area contributed by atoms with Gasteiger partial charge >= 0.3 is 0 Å². The van der Waals surface area contributed by atoms with Crippen molar-refractivity contribution in [3.8, 4) is 5.75 Å². The van der Waals surface area contributed by atoms with Crippen LogP contribution in [0.1, 0.15) is 24.0 Å². The molecule has 1 aromatic carbocycles. The third-order valence-electron chi connectivity index (χ3n) is 3.38. The molecule has 1 atom stereocenters. The Kier molecular flexibility index (Phi) is 2.95. The SMILES string of the molecule is COc1cccc(C2=CC(C)c3cccnc3N2)c1. The lowest BCUT2D eigenvalue weighted by atomic mass is 9.95. The second kappa shape index (κ2) is 4.76. The number of methoxy groups -OCH3 is 1. The zero-order valence-corrected chi connectivity index (χ0v) is 11.1. The first-order valence-corrected chi connectivity index (χ1v) is 6.36. The Labute approximate surface area is 113 Å². The van der Waals surface area contributed by atoms with Crippen LogP contribution in [0.5, 0.6) is 5.75 Å². The van der Waals surface area contributed by atoms with Crippen LogP contribution >= 0.6 is 0 Å². The number of ether oxygens (including phenoxy) is 1. The number of rotatable bonds is 2. The number of hydrogen-bond acceptors (Lipinski definition) is 3. The molecular weight excluding hydrogens is 236 g/mol. The number of pyridine rings is 1. The van der Waals surface area contributed by atoms with Crippen molar-refractivity contribution in [1.82, 2.24) is 4.98 Å². The van der Waals surface area contributed by atoms with Crippen molar-refractivity contribution in [2.75, 3.05) is 12.4 Å². The summed E-state index contributed by atoms with van der Waals surface area (Å²) in [5.41, 5.74) is 3.43. The lowest BCUT2D eigenvalue weighted by Crippen LogP contribution is -2.11. The molecule has 1 aliphatic heterocycles. The third-order valence-corrected chi connectivity index (χ3v) is 3.38. The molecular formula is C16H16N2O. The highest BCUT2D eigenvalue weighted by Crippen LogP contribution is 2.34. The molecule has 0 bridgehead atoms. The van der Waals surface area contributed by atoms with Gasteiger partial charge in [-0.2, -0.15) is 0 Å². The maximum atomic E-state index is 5.27. The van der Waals surface area contributed by atoms with Gasteiger partial charge in [0, 0.05) is 28.9 Å². The van der Waals surface area contributed by atoms with Gasteiger partial charge in [0.1, 0.15) is 11.6 Å². The summed E-state index contributed by atoms with van der Waals surface area (Å²) in [5, 5.41) is 3.39. The molecule has 0 aliphatic carbocycles. The summed E-state index contributed by atoms with van der Waals surface area (Å²) in [5.74, 6) is 2.15. The third kappa shape index (κ3) is 2.19. The van der Waals surface area contributed by atoms with Crippen molar-refractivity contribution >= 4 is 11.5 Å². The van der Waals surface area contributed by atoms with E-state index in [2.05, 4.69) is 35.4 Å². The zero-order valence-electron chi connectivity index (χ0n) is 11.1. The van der Waals surface area contributed by atoms with Gasteiger partial charge in [-0.1, -0.05) is 31.2 Å². The molecule has 19 heavy (non-hydrogen) atoms. The van der Waals surface area contributed by atoms with E-state index in [4.69, 9.17) is 4.74 Å². The quantitative estimate of drug-likeness (QED) is 0.885. The molecule has 0 spiro atoms. The van der Waals surface area contributed by atoms with Crippen molar-refractivity contribution in [2.45, 2.75) is 12.8 Å². The van der Waals surface area contributed by atoms with E-state index in [1.165, 1.54) is 5.56 Å². The normalized spacial score (nSPS) is 17.2. The molecule has 3 nitrogen and oxygen atoms in total. The summed E-state index contributed by atoms with van der Waals surface area (Å²) in [7, 11) is 1.68. The first kappa shape index (κ1) is 11.8. The van der Waals surface area contributed by atoms with Crippen LogP contribution in [-0.2, 0) is 0 Å². The molecule has 1 unspecified atom stereocenters. The van der Waals surface area contributed by atoms with Gasteiger partial charge in [-0.25, -0.2) is 4.98 Å². The van der Waals surface area contributed by atoms with Crippen LogP contribution in [0.25, 0.3) is 5.70 Å². The van der Waals surface area contributed by atoms with Gasteiger partial charge in [-0.05, 0) is 18.2 Å². The Bertz CT molecular complexity index is 634. The first-order chi connectivity index (χ1) is 9.28. The van der Waals surface area contributed by atoms with E-state index in [0.29, 0.717) is 5.92 Å². The smallest absolute Gasteiger partial charge is 0.134 e. The molecule has 0 fully saturated rings. The van der Waals surface area contributed by atoms with Gasteiger partial charge in [-0.3, -0.25) is 0 Å². The fraction of sp³-hybridized carbons (Fsp3) is 0.188. The number of allylic oxidation sites excluding steroid dienone is 1. The largest absolute Gasteiger partial charge is 0.497 e. The first-order valence-electron chi connectivity index (χ1n) is 6.36. The number of nitrogens with one attached hydrogen (secondary N) is 1. The van der Waals surface area contributed by atoms with Crippen LogP contribution in [-0.4, -0.2) is 12.1 Å². The van der Waals surface area contributed by atoms with Gasteiger partial charge in [0.2, 0.25) is 0 Å². The van der Waals surface area contributed by atoms with E-state index in [0.717, 1.165) is 22.8 Å². The molecule has 1 N–H and O–H groups in total. The molecule has 0 amide bonds. The van der Waals surface area contributed by atoms with Crippen LogP contribution in [0.15, 0.2) is 48.7 Å². The molecule has 3 heteroatoms. The minimum Gasteiger partial charge on any atom is -0.497 e. The maximum absolute atomic E-state index is 5.27. The Balaban J connectivity index is 1.99. The minimum atomic E-state index is 0.353. The summed E-state index contributed by atoms with van der Waals surface area (Å²) in [6, 6.07) is 12.1. The van der Waals surface area contributed by atoms with E-state index in [9.17, 15) is 0 Å². The Morgan fingerprint density at radius 3 is 2.95 bits per heavy atom. The van der Waals surface area contributed by atoms with Crippen LogP contribution in [0.2, 0.25) is 0 Å². The van der Waals surface area contributed by atoms with Crippen LogP contribution < -0.4 is 10.1 Å². The monoisotopic (exact) mass is 252 g/mol. The number of hydrogen-bond donors (Lipinski definition) is 1. The Morgan fingerprint density at radius 1 is 1.21 bits per heavy atom. The lowest BCUT2D eigenvalue weighted by Gasteiger charge is -2.23. The van der Waals surface area contributed by atoms with E-state index in [1.54, 1.807) is 7.11 Å². The molecule has 2 heterocycles. The Morgan fingerprint density at radius 2 is 2.11 bits per heavy atom. The highest BCUT2D eigenvalue weighted by Gasteiger charge is 2.18. The fourth-order valence-electron chi connectivity index (χ4n) is 2.36. The average molecular weight is 252 g/mol. The maximum Gasteiger partial charge on any atom is 0.134 e. The van der Waals surface area contributed by atoms with Crippen molar-refractivity contribution in [3.05, 3.63) is 59.8 Å². The van der Waals surface area contributed by atoms with Crippen LogP contribution in [0, 0.1) is 0 Å². The van der Waals surface area contributed by atoms with Gasteiger partial charge in [-0.15, -0.1) is 0 Å². The van der Waals surface area contributed by atoms with Crippen molar-refractivity contribution in [2.24, 2.45) is 0 Å². The highest BCUT2D eigenvalue weighted by atomic mass is 16.5. The van der Waals surface area contributed by atoms with Gasteiger partial charge in [0.25, 0.3) is 0 Å². The van der Waals surface area contributed by atoms with E-state index in [1.807, 2.05) is 30.5 Å². The molecule has 0 saturated heterocycles. The number of benzene rings is 1. The lowest BCUT2D eigenvalue weighted by molar-refractivity contribution is 0.414. The summed E-state index contributed by atoms with van der Waals surface area (Å²) in [4.78, 5) is 4.40. The number of aromatic nitrogens is 1. The predicted molar refractivity (Wildman–Crippen MR) is 77.2 cm³/mol. The van der Waals surface area contributed by atoms with Gasteiger partial charge in [0.05, 0.1) is 7.11 Å². The summed E-state index contributed by atoms with van der Waals surface area (Å²) in [6.07, 6.45) is 4.03. The van der Waals surface area contributed by atoms with Crippen molar-refractivity contribution in [1.29, 1.82) is 0 Å². The van der Waals surface area contributed by atoms with Crippen LogP contribution in [0.3, 0.4) is 0 Å². The molecule has 1 aromatic heterocycles.